The lowest BCUT2D eigenvalue weighted by Gasteiger charge is -2.31. The highest BCUT2D eigenvalue weighted by Gasteiger charge is 2.27. The lowest BCUT2D eigenvalue weighted by atomic mass is 10.0. The van der Waals surface area contributed by atoms with Gasteiger partial charge in [-0.3, -0.25) is 19.1 Å². The predicted molar refractivity (Wildman–Crippen MR) is 146 cm³/mol. The van der Waals surface area contributed by atoms with Crippen LogP contribution in [-0.4, -0.2) is 45.3 Å². The van der Waals surface area contributed by atoms with Crippen molar-refractivity contribution in [2.24, 2.45) is 5.16 Å². The number of aromatic nitrogens is 2. The monoisotopic (exact) mass is 526 g/mol. The van der Waals surface area contributed by atoms with E-state index >= 15 is 0 Å². The molecule has 1 fully saturated rings. The number of nitrogens with zero attached hydrogens (tertiary/aromatic N) is 3. The summed E-state index contributed by atoms with van der Waals surface area (Å²) in [7, 11) is 0. The number of carbonyl (C=O) groups is 1. The zero-order chi connectivity index (χ0) is 26.9. The average molecular weight is 527 g/mol. The van der Waals surface area contributed by atoms with Crippen LogP contribution in [-0.2, 0) is 17.8 Å². The summed E-state index contributed by atoms with van der Waals surface area (Å²) < 4.78 is 16.2. The Hall–Kier alpha value is -4.53. The van der Waals surface area contributed by atoms with Gasteiger partial charge in [0.25, 0.3) is 11.5 Å². The van der Waals surface area contributed by atoms with Crippen LogP contribution in [0.5, 0.6) is 0 Å². The third kappa shape index (κ3) is 4.87. The second kappa shape index (κ2) is 10.3. The number of aromatic amines is 1. The number of aryl methyl sites for hydroxylation is 1. The molecule has 1 N–H and O–H groups in total. The first-order chi connectivity index (χ1) is 19.0. The highest BCUT2D eigenvalue weighted by molar-refractivity contribution is 6.04. The number of nitrogens with one attached hydrogen (secondary N) is 1. The number of rotatable bonds is 5. The highest BCUT2D eigenvalue weighted by Crippen LogP contribution is 2.24. The molecule has 3 aromatic carbocycles. The summed E-state index contributed by atoms with van der Waals surface area (Å²) in [4.78, 5) is 47.8. The van der Waals surface area contributed by atoms with E-state index in [0.29, 0.717) is 42.4 Å². The fraction of sp³-hybridized carbons (Fsp3) is 0.267. The Balaban J connectivity index is 1.14. The summed E-state index contributed by atoms with van der Waals surface area (Å²) in [6, 6.07) is 19.2. The molecular weight excluding hydrogens is 499 g/mol. The summed E-state index contributed by atoms with van der Waals surface area (Å²) >= 11 is 0. The second-order valence-corrected chi connectivity index (χ2v) is 9.97. The third-order valence-corrected chi connectivity index (χ3v) is 7.51. The first-order valence-corrected chi connectivity index (χ1v) is 13.1. The van der Waals surface area contributed by atoms with Crippen molar-refractivity contribution in [2.45, 2.75) is 38.3 Å². The summed E-state index contributed by atoms with van der Waals surface area (Å²) in [5.74, 6) is -1.02. The summed E-state index contributed by atoms with van der Waals surface area (Å²) in [5.41, 5.74) is 3.34. The van der Waals surface area contributed by atoms with Gasteiger partial charge in [-0.2, -0.15) is 0 Å². The molecule has 0 bridgehead atoms. The van der Waals surface area contributed by atoms with Gasteiger partial charge in [0.1, 0.15) is 11.9 Å². The number of oxime groups is 1. The number of piperidine rings is 1. The van der Waals surface area contributed by atoms with Crippen molar-refractivity contribution in [3.05, 3.63) is 116 Å². The Morgan fingerprint density at radius 3 is 2.62 bits per heavy atom. The molecule has 0 spiro atoms. The van der Waals surface area contributed by atoms with Crippen LogP contribution in [0.3, 0.4) is 0 Å². The molecule has 6 rings (SSSR count). The van der Waals surface area contributed by atoms with Crippen LogP contribution in [0, 0.1) is 5.82 Å². The van der Waals surface area contributed by atoms with Gasteiger partial charge in [0, 0.05) is 31.5 Å². The fourth-order valence-electron chi connectivity index (χ4n) is 5.39. The van der Waals surface area contributed by atoms with Gasteiger partial charge < -0.3 is 9.74 Å². The summed E-state index contributed by atoms with van der Waals surface area (Å²) in [6.07, 6.45) is 2.91. The maximum absolute atomic E-state index is 14.8. The van der Waals surface area contributed by atoms with Crippen LogP contribution < -0.4 is 11.2 Å². The molecule has 1 aliphatic carbocycles. The molecule has 1 saturated heterocycles. The van der Waals surface area contributed by atoms with Gasteiger partial charge in [0.05, 0.1) is 28.7 Å². The predicted octanol–water partition coefficient (Wildman–Crippen LogP) is 3.85. The van der Waals surface area contributed by atoms with E-state index in [4.69, 9.17) is 4.84 Å². The van der Waals surface area contributed by atoms with Crippen molar-refractivity contribution in [3.8, 4) is 0 Å². The van der Waals surface area contributed by atoms with Gasteiger partial charge in [-0.25, -0.2) is 9.18 Å². The van der Waals surface area contributed by atoms with Crippen LogP contribution in [0.25, 0.3) is 10.9 Å². The van der Waals surface area contributed by atoms with Crippen molar-refractivity contribution >= 4 is 22.5 Å². The molecule has 1 aromatic heterocycles. The Kier molecular flexibility index (Phi) is 6.56. The SMILES string of the molecule is O=C(c1cc(Cn2c(=O)[nH]c(=O)c3ccccc32)ccc1F)N1CCC(O/N=C2/CCc3ccccc32)CC1. The van der Waals surface area contributed by atoms with Gasteiger partial charge in [-0.15, -0.1) is 0 Å². The van der Waals surface area contributed by atoms with E-state index in [9.17, 15) is 18.8 Å². The number of fused-ring (bicyclic) bond motifs is 2. The smallest absolute Gasteiger partial charge is 0.329 e. The molecule has 4 aromatic rings. The third-order valence-electron chi connectivity index (χ3n) is 7.51. The Bertz CT molecular complexity index is 1720. The van der Waals surface area contributed by atoms with Gasteiger partial charge in [-0.05, 0) is 48.2 Å². The lowest BCUT2D eigenvalue weighted by Crippen LogP contribution is -2.41. The van der Waals surface area contributed by atoms with Crippen molar-refractivity contribution < 1.29 is 14.0 Å². The molecule has 2 heterocycles. The summed E-state index contributed by atoms with van der Waals surface area (Å²) in [5, 5.41) is 4.80. The molecule has 0 unspecified atom stereocenters. The minimum absolute atomic E-state index is 0.0450. The van der Waals surface area contributed by atoms with Gasteiger partial charge in [0.15, 0.2) is 0 Å². The van der Waals surface area contributed by atoms with Crippen molar-refractivity contribution in [1.82, 2.24) is 14.5 Å². The van der Waals surface area contributed by atoms with E-state index in [1.165, 1.54) is 22.3 Å². The quantitative estimate of drug-likeness (QED) is 0.400. The maximum Gasteiger partial charge on any atom is 0.329 e. The van der Waals surface area contributed by atoms with Crippen LogP contribution in [0.2, 0.25) is 0 Å². The Labute approximate surface area is 223 Å². The normalized spacial score (nSPS) is 16.5. The molecule has 8 nitrogen and oxygen atoms in total. The van der Waals surface area contributed by atoms with Gasteiger partial charge >= 0.3 is 5.69 Å². The van der Waals surface area contributed by atoms with Crippen LogP contribution >= 0.6 is 0 Å². The number of benzene rings is 3. The first kappa shape index (κ1) is 24.8. The zero-order valence-corrected chi connectivity index (χ0v) is 21.2. The van der Waals surface area contributed by atoms with E-state index in [1.807, 2.05) is 12.1 Å². The van der Waals surface area contributed by atoms with Crippen molar-refractivity contribution in [3.63, 3.8) is 0 Å². The molecule has 0 atom stereocenters. The number of hydrogen-bond acceptors (Lipinski definition) is 5. The molecule has 39 heavy (non-hydrogen) atoms. The lowest BCUT2D eigenvalue weighted by molar-refractivity contribution is 0.0113. The fourth-order valence-corrected chi connectivity index (χ4v) is 5.39. The van der Waals surface area contributed by atoms with E-state index in [1.54, 1.807) is 35.2 Å². The standard InChI is InChI=1S/C30H27FN4O4/c31-25-11-9-19(18-35-27-8-4-3-7-23(27)28(36)32-30(35)38)17-24(25)29(37)34-15-13-21(14-16-34)39-33-26-12-10-20-5-1-2-6-22(20)26/h1-9,11,17,21H,10,12-16,18H2,(H,32,36,38)/b33-26-. The van der Waals surface area contributed by atoms with Crippen LogP contribution in [0.4, 0.5) is 4.39 Å². The number of likely N-dealkylation sites (tertiary alicyclic amines) is 1. The number of para-hydroxylation sites is 1. The molecule has 1 amide bonds. The second-order valence-electron chi connectivity index (χ2n) is 9.97. The van der Waals surface area contributed by atoms with Crippen LogP contribution in [0.15, 0.2) is 81.5 Å². The molecular formula is C30H27FN4O4. The van der Waals surface area contributed by atoms with E-state index in [0.717, 1.165) is 24.1 Å². The molecule has 0 radical (unpaired) electrons. The average Bonchev–Trinajstić information content (AvgIpc) is 3.38. The number of H-pyrrole nitrogens is 1. The van der Waals surface area contributed by atoms with Gasteiger partial charge in [0.2, 0.25) is 0 Å². The zero-order valence-electron chi connectivity index (χ0n) is 21.2. The molecule has 9 heteroatoms. The molecule has 0 saturated carbocycles. The number of hydrogen-bond donors (Lipinski definition) is 1. The largest absolute Gasteiger partial charge is 0.392 e. The number of halogens is 1. The Morgan fingerprint density at radius 1 is 1.00 bits per heavy atom. The molecule has 1 aliphatic heterocycles. The van der Waals surface area contributed by atoms with E-state index in [2.05, 4.69) is 22.3 Å². The van der Waals surface area contributed by atoms with Gasteiger partial charge in [-0.1, -0.05) is 47.6 Å². The minimum atomic E-state index is -0.618. The highest BCUT2D eigenvalue weighted by atomic mass is 19.1. The summed E-state index contributed by atoms with van der Waals surface area (Å²) in [6.45, 7) is 0.938. The van der Waals surface area contributed by atoms with E-state index in [-0.39, 0.29) is 18.2 Å². The Morgan fingerprint density at radius 2 is 1.77 bits per heavy atom. The minimum Gasteiger partial charge on any atom is -0.392 e. The van der Waals surface area contributed by atoms with Crippen molar-refractivity contribution in [1.29, 1.82) is 0 Å². The van der Waals surface area contributed by atoms with E-state index < -0.39 is 23.0 Å². The molecule has 198 valence electrons. The van der Waals surface area contributed by atoms with Crippen molar-refractivity contribution in [2.75, 3.05) is 13.1 Å². The maximum atomic E-state index is 14.8. The number of carbonyl (C=O) groups excluding carboxylic acids is 1. The molecule has 2 aliphatic rings. The first-order valence-electron chi connectivity index (χ1n) is 13.1. The van der Waals surface area contributed by atoms with Crippen LogP contribution in [0.1, 0.15) is 46.3 Å². The topological polar surface area (TPSA) is 96.8 Å². The number of amides is 1.